The zero-order valence-electron chi connectivity index (χ0n) is 11.9. The molecule has 0 aliphatic heterocycles. The van der Waals surface area contributed by atoms with E-state index in [-0.39, 0.29) is 16.9 Å². The summed E-state index contributed by atoms with van der Waals surface area (Å²) in [5.74, 6) is 0.0314. The van der Waals surface area contributed by atoms with Gasteiger partial charge < -0.3 is 16.0 Å². The van der Waals surface area contributed by atoms with Gasteiger partial charge in [0.25, 0.3) is 0 Å². The van der Waals surface area contributed by atoms with Crippen molar-refractivity contribution in [3.63, 3.8) is 0 Å². The smallest absolute Gasteiger partial charge is 0.244 e. The zero-order chi connectivity index (χ0) is 15.3. The Hall–Kier alpha value is -1.33. The zero-order valence-corrected chi connectivity index (χ0v) is 13.5. The molecule has 1 aromatic carbocycles. The second kappa shape index (κ2) is 7.45. The Kier molecular flexibility index (Phi) is 6.23. The molecular formula is C14H20ClN3OS. The number of halogens is 1. The van der Waals surface area contributed by atoms with Crippen molar-refractivity contribution >= 4 is 40.4 Å². The highest BCUT2D eigenvalue weighted by Gasteiger charge is 2.20. The number of carbonyl (C=O) groups excluding carboxylic acids is 1. The van der Waals surface area contributed by atoms with E-state index in [2.05, 4.69) is 5.32 Å². The lowest BCUT2D eigenvalue weighted by Gasteiger charge is -2.25. The summed E-state index contributed by atoms with van der Waals surface area (Å²) in [5.41, 5.74) is 6.94. The average Bonchev–Trinajstić information content (AvgIpc) is 2.39. The summed E-state index contributed by atoms with van der Waals surface area (Å²) in [6.07, 6.45) is 0. The molecule has 20 heavy (non-hydrogen) atoms. The minimum absolute atomic E-state index is 0.0314. The number of hydrogen-bond acceptors (Lipinski definition) is 3. The molecule has 0 aliphatic carbocycles. The third kappa shape index (κ3) is 3.84. The Bertz CT molecular complexity index is 503. The highest BCUT2D eigenvalue weighted by molar-refractivity contribution is 7.80. The topological polar surface area (TPSA) is 58.4 Å². The van der Waals surface area contributed by atoms with Crippen molar-refractivity contribution < 1.29 is 4.79 Å². The lowest BCUT2D eigenvalue weighted by Crippen LogP contribution is -2.41. The third-order valence-corrected chi connectivity index (χ3v) is 3.60. The van der Waals surface area contributed by atoms with Crippen molar-refractivity contribution in [2.75, 3.05) is 18.4 Å². The molecular weight excluding hydrogens is 294 g/mol. The largest absolute Gasteiger partial charge is 0.389 e. The van der Waals surface area contributed by atoms with Crippen LogP contribution in [0.3, 0.4) is 0 Å². The standard InChI is InChI=1S/C14H20ClN3OS/c1-4-18(5-2)14(19)9(3)17-11-8-6-7-10(15)12(11)13(16)20/h6-9,17H,4-5H2,1-3H3,(H2,16,20). The Morgan fingerprint density at radius 1 is 1.45 bits per heavy atom. The number of anilines is 1. The molecule has 0 aromatic heterocycles. The summed E-state index contributed by atoms with van der Waals surface area (Å²) < 4.78 is 0. The molecule has 1 amide bonds. The van der Waals surface area contributed by atoms with E-state index in [9.17, 15) is 4.79 Å². The Balaban J connectivity index is 2.96. The average molecular weight is 314 g/mol. The number of nitrogens with one attached hydrogen (secondary N) is 1. The van der Waals surface area contributed by atoms with E-state index in [1.54, 1.807) is 17.0 Å². The molecule has 1 aromatic rings. The van der Waals surface area contributed by atoms with Crippen LogP contribution >= 0.6 is 23.8 Å². The summed E-state index contributed by atoms with van der Waals surface area (Å²) in [6, 6.07) is 4.95. The van der Waals surface area contributed by atoms with Crippen LogP contribution in [0.2, 0.25) is 5.02 Å². The summed E-state index contributed by atoms with van der Waals surface area (Å²) in [7, 11) is 0. The molecule has 0 aliphatic rings. The molecule has 0 saturated carbocycles. The number of benzene rings is 1. The maximum Gasteiger partial charge on any atom is 0.244 e. The molecule has 6 heteroatoms. The number of carbonyl (C=O) groups is 1. The fourth-order valence-electron chi connectivity index (χ4n) is 2.00. The second-order valence-corrected chi connectivity index (χ2v) is 5.25. The fourth-order valence-corrected chi connectivity index (χ4v) is 2.55. The van der Waals surface area contributed by atoms with Crippen LogP contribution in [0, 0.1) is 0 Å². The van der Waals surface area contributed by atoms with Gasteiger partial charge in [0.15, 0.2) is 0 Å². The predicted octanol–water partition coefficient (Wildman–Crippen LogP) is 2.64. The van der Waals surface area contributed by atoms with Crippen LogP contribution in [0.5, 0.6) is 0 Å². The summed E-state index contributed by atoms with van der Waals surface area (Å²) in [5, 5.41) is 3.62. The fraction of sp³-hybridized carbons (Fsp3) is 0.429. The van der Waals surface area contributed by atoms with Crippen molar-refractivity contribution in [3.8, 4) is 0 Å². The van der Waals surface area contributed by atoms with Crippen LogP contribution in [-0.2, 0) is 4.79 Å². The van der Waals surface area contributed by atoms with Gasteiger partial charge in [-0.15, -0.1) is 0 Å². The van der Waals surface area contributed by atoms with E-state index in [1.165, 1.54) is 0 Å². The van der Waals surface area contributed by atoms with Crippen LogP contribution in [0.1, 0.15) is 26.3 Å². The van der Waals surface area contributed by atoms with Gasteiger partial charge in [-0.05, 0) is 32.9 Å². The predicted molar refractivity (Wildman–Crippen MR) is 88.4 cm³/mol. The van der Waals surface area contributed by atoms with Gasteiger partial charge in [-0.3, -0.25) is 4.79 Å². The molecule has 110 valence electrons. The first-order chi connectivity index (χ1) is 9.42. The van der Waals surface area contributed by atoms with Gasteiger partial charge in [0.2, 0.25) is 5.91 Å². The first-order valence-electron chi connectivity index (χ1n) is 6.55. The molecule has 0 bridgehead atoms. The van der Waals surface area contributed by atoms with E-state index in [4.69, 9.17) is 29.6 Å². The van der Waals surface area contributed by atoms with E-state index in [0.29, 0.717) is 29.4 Å². The summed E-state index contributed by atoms with van der Waals surface area (Å²) >= 11 is 11.1. The molecule has 3 N–H and O–H groups in total. The van der Waals surface area contributed by atoms with Gasteiger partial charge in [0, 0.05) is 18.8 Å². The van der Waals surface area contributed by atoms with Gasteiger partial charge >= 0.3 is 0 Å². The van der Waals surface area contributed by atoms with Crippen LogP contribution in [-0.4, -0.2) is 34.9 Å². The lowest BCUT2D eigenvalue weighted by atomic mass is 10.1. The molecule has 0 saturated heterocycles. The van der Waals surface area contributed by atoms with Crippen molar-refractivity contribution in [2.45, 2.75) is 26.8 Å². The first kappa shape index (κ1) is 16.7. The monoisotopic (exact) mass is 313 g/mol. The maximum atomic E-state index is 12.2. The third-order valence-electron chi connectivity index (χ3n) is 3.08. The highest BCUT2D eigenvalue weighted by Crippen LogP contribution is 2.25. The van der Waals surface area contributed by atoms with Crippen molar-refractivity contribution in [2.24, 2.45) is 5.73 Å². The van der Waals surface area contributed by atoms with Crippen LogP contribution in [0.15, 0.2) is 18.2 Å². The second-order valence-electron chi connectivity index (χ2n) is 4.40. The number of amides is 1. The van der Waals surface area contributed by atoms with E-state index < -0.39 is 0 Å². The van der Waals surface area contributed by atoms with Crippen molar-refractivity contribution in [1.82, 2.24) is 4.90 Å². The van der Waals surface area contributed by atoms with Crippen LogP contribution in [0.25, 0.3) is 0 Å². The molecule has 0 radical (unpaired) electrons. The minimum Gasteiger partial charge on any atom is -0.389 e. The SMILES string of the molecule is CCN(CC)C(=O)C(C)Nc1cccc(Cl)c1C(N)=S. The molecule has 1 unspecified atom stereocenters. The lowest BCUT2D eigenvalue weighted by molar-refractivity contribution is -0.131. The molecule has 0 spiro atoms. The number of nitrogens with zero attached hydrogens (tertiary/aromatic N) is 1. The number of hydrogen-bond donors (Lipinski definition) is 2. The van der Waals surface area contributed by atoms with Gasteiger partial charge in [0.1, 0.15) is 11.0 Å². The van der Waals surface area contributed by atoms with Gasteiger partial charge in [-0.25, -0.2) is 0 Å². The molecule has 1 rings (SSSR count). The summed E-state index contributed by atoms with van der Waals surface area (Å²) in [4.78, 5) is 14.2. The van der Waals surface area contributed by atoms with Crippen LogP contribution < -0.4 is 11.1 Å². The van der Waals surface area contributed by atoms with E-state index >= 15 is 0 Å². The Morgan fingerprint density at radius 3 is 2.55 bits per heavy atom. The minimum atomic E-state index is -0.374. The van der Waals surface area contributed by atoms with E-state index in [0.717, 1.165) is 0 Å². The number of rotatable bonds is 6. The summed E-state index contributed by atoms with van der Waals surface area (Å²) in [6.45, 7) is 7.07. The van der Waals surface area contributed by atoms with Crippen molar-refractivity contribution in [1.29, 1.82) is 0 Å². The number of nitrogens with two attached hydrogens (primary N) is 1. The van der Waals surface area contributed by atoms with Gasteiger partial charge in [0.05, 0.1) is 10.6 Å². The normalized spacial score (nSPS) is 11.8. The molecule has 1 atom stereocenters. The number of likely N-dealkylation sites (N-methyl/N-ethyl adjacent to an activating group) is 1. The van der Waals surface area contributed by atoms with Gasteiger partial charge in [-0.1, -0.05) is 29.9 Å². The maximum absolute atomic E-state index is 12.2. The highest BCUT2D eigenvalue weighted by atomic mass is 35.5. The number of thiocarbonyl (C=S) groups is 1. The van der Waals surface area contributed by atoms with Crippen LogP contribution in [0.4, 0.5) is 5.69 Å². The Morgan fingerprint density at radius 2 is 2.05 bits per heavy atom. The Labute approximate surface area is 130 Å². The van der Waals surface area contributed by atoms with Crippen molar-refractivity contribution in [3.05, 3.63) is 28.8 Å². The molecule has 0 fully saturated rings. The molecule has 4 nitrogen and oxygen atoms in total. The first-order valence-corrected chi connectivity index (χ1v) is 7.34. The van der Waals surface area contributed by atoms with E-state index in [1.807, 2.05) is 26.8 Å². The van der Waals surface area contributed by atoms with Gasteiger partial charge in [-0.2, -0.15) is 0 Å². The molecule has 0 heterocycles. The quantitative estimate of drug-likeness (QED) is 0.793.